The van der Waals surface area contributed by atoms with Crippen LogP contribution in [0.15, 0.2) is 0 Å². The summed E-state index contributed by atoms with van der Waals surface area (Å²) in [4.78, 5) is 44.4. The van der Waals surface area contributed by atoms with Gasteiger partial charge in [0.15, 0.2) is 0 Å². The number of carbonyl (C=O) groups excluding carboxylic acids is 3. The lowest BCUT2D eigenvalue weighted by atomic mass is 9.95. The normalized spacial score (nSPS) is 11.1. The first-order valence-electron chi connectivity index (χ1n) is 16.0. The predicted octanol–water partition coefficient (Wildman–Crippen LogP) is 7.45. The Morgan fingerprint density at radius 2 is 0.789 bits per heavy atom. The first-order valence-corrected chi connectivity index (χ1v) is 16.0. The van der Waals surface area contributed by atoms with Gasteiger partial charge in [0.05, 0.1) is 0 Å². The molecule has 0 aliphatic heterocycles. The van der Waals surface area contributed by atoms with Crippen LogP contribution >= 0.6 is 0 Å². The molecule has 3 amide bonds. The van der Waals surface area contributed by atoms with E-state index in [1.807, 2.05) is 35.8 Å². The molecular formula is C32H63N3O3. The summed E-state index contributed by atoms with van der Waals surface area (Å²) in [6.45, 7) is 8.92. The summed E-state index contributed by atoms with van der Waals surface area (Å²) < 4.78 is 0. The van der Waals surface area contributed by atoms with E-state index < -0.39 is 0 Å². The standard InChI is InChI=1S/C32H63N3O3/c1-7-10-13-16-19-26-33(4)30(36)24-22-29(32(38)35(6)28-21-18-15-12-9-3)23-25-31(37)34(5)27-20-17-14-11-8-2/h29H,7-28H2,1-6H3. The van der Waals surface area contributed by atoms with Crippen molar-refractivity contribution in [1.29, 1.82) is 0 Å². The van der Waals surface area contributed by atoms with Gasteiger partial charge < -0.3 is 14.7 Å². The molecule has 0 spiro atoms. The first-order chi connectivity index (χ1) is 18.3. The van der Waals surface area contributed by atoms with Crippen molar-refractivity contribution in [1.82, 2.24) is 14.7 Å². The molecular weight excluding hydrogens is 474 g/mol. The third-order valence-electron chi connectivity index (χ3n) is 7.78. The van der Waals surface area contributed by atoms with Crippen LogP contribution in [-0.2, 0) is 14.4 Å². The summed E-state index contributed by atoms with van der Waals surface area (Å²) in [5, 5.41) is 0. The molecule has 0 saturated heterocycles. The molecule has 0 aliphatic carbocycles. The van der Waals surface area contributed by atoms with E-state index in [-0.39, 0.29) is 23.6 Å². The lowest BCUT2D eigenvalue weighted by Crippen LogP contribution is -2.36. The molecule has 224 valence electrons. The lowest BCUT2D eigenvalue weighted by molar-refractivity contribution is -0.136. The Balaban J connectivity index is 4.84. The van der Waals surface area contributed by atoms with E-state index in [0.717, 1.165) is 58.2 Å². The van der Waals surface area contributed by atoms with Gasteiger partial charge in [-0.15, -0.1) is 0 Å². The smallest absolute Gasteiger partial charge is 0.225 e. The Hall–Kier alpha value is -1.59. The number of nitrogens with zero attached hydrogens (tertiary/aromatic N) is 3. The summed E-state index contributed by atoms with van der Waals surface area (Å²) in [5.74, 6) is 0.0250. The second kappa shape index (κ2) is 24.5. The summed E-state index contributed by atoms with van der Waals surface area (Å²) in [7, 11) is 5.63. The maximum atomic E-state index is 13.3. The van der Waals surface area contributed by atoms with Gasteiger partial charge in [-0.1, -0.05) is 97.8 Å². The van der Waals surface area contributed by atoms with E-state index in [9.17, 15) is 14.4 Å². The molecule has 0 N–H and O–H groups in total. The van der Waals surface area contributed by atoms with Crippen LogP contribution < -0.4 is 0 Å². The van der Waals surface area contributed by atoms with Crippen LogP contribution in [0.4, 0.5) is 0 Å². The van der Waals surface area contributed by atoms with Gasteiger partial charge in [0.1, 0.15) is 0 Å². The molecule has 6 heteroatoms. The van der Waals surface area contributed by atoms with E-state index in [1.54, 1.807) is 0 Å². The van der Waals surface area contributed by atoms with Crippen molar-refractivity contribution >= 4 is 17.7 Å². The highest BCUT2D eigenvalue weighted by Crippen LogP contribution is 2.19. The van der Waals surface area contributed by atoms with Gasteiger partial charge in [-0.2, -0.15) is 0 Å². The number of amides is 3. The van der Waals surface area contributed by atoms with Crippen LogP contribution in [-0.4, -0.2) is 73.2 Å². The topological polar surface area (TPSA) is 60.9 Å². The second-order valence-corrected chi connectivity index (χ2v) is 11.4. The van der Waals surface area contributed by atoms with Crippen LogP contribution in [0.3, 0.4) is 0 Å². The van der Waals surface area contributed by atoms with E-state index in [2.05, 4.69) is 20.8 Å². The second-order valence-electron chi connectivity index (χ2n) is 11.4. The van der Waals surface area contributed by atoms with Gasteiger partial charge >= 0.3 is 0 Å². The zero-order valence-electron chi connectivity index (χ0n) is 26.2. The molecule has 0 rings (SSSR count). The molecule has 0 saturated carbocycles. The maximum absolute atomic E-state index is 13.3. The average molecular weight is 538 g/mol. The predicted molar refractivity (Wildman–Crippen MR) is 161 cm³/mol. The van der Waals surface area contributed by atoms with Crippen LogP contribution in [0.1, 0.15) is 143 Å². The quantitative estimate of drug-likeness (QED) is 0.114. The van der Waals surface area contributed by atoms with E-state index in [4.69, 9.17) is 0 Å². The van der Waals surface area contributed by atoms with Gasteiger partial charge in [-0.05, 0) is 32.1 Å². The summed E-state index contributed by atoms with van der Waals surface area (Å²) in [6.07, 6.45) is 19.3. The zero-order chi connectivity index (χ0) is 28.6. The van der Waals surface area contributed by atoms with E-state index in [1.165, 1.54) is 57.8 Å². The Bertz CT molecular complexity index is 575. The molecule has 0 radical (unpaired) electrons. The van der Waals surface area contributed by atoms with Crippen molar-refractivity contribution in [3.63, 3.8) is 0 Å². The van der Waals surface area contributed by atoms with Gasteiger partial charge in [0, 0.05) is 59.5 Å². The van der Waals surface area contributed by atoms with Crippen molar-refractivity contribution < 1.29 is 14.4 Å². The number of hydrogen-bond acceptors (Lipinski definition) is 3. The Kier molecular flexibility index (Phi) is 23.4. The van der Waals surface area contributed by atoms with Crippen molar-refractivity contribution in [3.8, 4) is 0 Å². The van der Waals surface area contributed by atoms with Crippen molar-refractivity contribution in [2.75, 3.05) is 40.8 Å². The number of rotatable bonds is 25. The maximum Gasteiger partial charge on any atom is 0.225 e. The molecule has 0 aromatic rings. The summed E-state index contributed by atoms with van der Waals surface area (Å²) >= 11 is 0. The molecule has 0 heterocycles. The molecule has 6 nitrogen and oxygen atoms in total. The molecule has 0 bridgehead atoms. The molecule has 0 aromatic heterocycles. The van der Waals surface area contributed by atoms with Crippen molar-refractivity contribution in [2.24, 2.45) is 5.92 Å². The highest BCUT2D eigenvalue weighted by molar-refractivity contribution is 5.82. The van der Waals surface area contributed by atoms with Crippen LogP contribution in [0.25, 0.3) is 0 Å². The minimum atomic E-state index is -0.278. The average Bonchev–Trinajstić information content (AvgIpc) is 2.91. The zero-order valence-corrected chi connectivity index (χ0v) is 26.2. The fraction of sp³-hybridized carbons (Fsp3) is 0.906. The Morgan fingerprint density at radius 1 is 0.474 bits per heavy atom. The highest BCUT2D eigenvalue weighted by Gasteiger charge is 2.25. The van der Waals surface area contributed by atoms with E-state index in [0.29, 0.717) is 25.7 Å². The fourth-order valence-corrected chi connectivity index (χ4v) is 4.90. The largest absolute Gasteiger partial charge is 0.346 e. The third-order valence-corrected chi connectivity index (χ3v) is 7.78. The molecule has 0 aliphatic rings. The third kappa shape index (κ3) is 18.6. The fourth-order valence-electron chi connectivity index (χ4n) is 4.90. The monoisotopic (exact) mass is 537 g/mol. The van der Waals surface area contributed by atoms with Crippen LogP contribution in [0, 0.1) is 5.92 Å². The summed E-state index contributed by atoms with van der Waals surface area (Å²) in [6, 6.07) is 0. The minimum absolute atomic E-state index is 0.0885. The number of carbonyl (C=O) groups is 3. The molecule has 0 unspecified atom stereocenters. The van der Waals surface area contributed by atoms with Crippen LogP contribution in [0.5, 0.6) is 0 Å². The first kappa shape index (κ1) is 36.4. The highest BCUT2D eigenvalue weighted by atomic mass is 16.2. The molecule has 38 heavy (non-hydrogen) atoms. The van der Waals surface area contributed by atoms with Gasteiger partial charge in [0.25, 0.3) is 0 Å². The lowest BCUT2D eigenvalue weighted by Gasteiger charge is -2.25. The molecule has 0 fully saturated rings. The Labute approximate surface area is 236 Å². The number of unbranched alkanes of at least 4 members (excludes halogenated alkanes) is 12. The van der Waals surface area contributed by atoms with Crippen LogP contribution in [0.2, 0.25) is 0 Å². The van der Waals surface area contributed by atoms with Gasteiger partial charge in [-0.25, -0.2) is 0 Å². The van der Waals surface area contributed by atoms with E-state index >= 15 is 0 Å². The van der Waals surface area contributed by atoms with Gasteiger partial charge in [0.2, 0.25) is 17.7 Å². The van der Waals surface area contributed by atoms with Crippen molar-refractivity contribution in [3.05, 3.63) is 0 Å². The van der Waals surface area contributed by atoms with Gasteiger partial charge in [-0.3, -0.25) is 14.4 Å². The molecule has 0 aromatic carbocycles. The van der Waals surface area contributed by atoms with Crippen molar-refractivity contribution in [2.45, 2.75) is 143 Å². The minimum Gasteiger partial charge on any atom is -0.346 e. The summed E-state index contributed by atoms with van der Waals surface area (Å²) in [5.41, 5.74) is 0. The Morgan fingerprint density at radius 3 is 1.13 bits per heavy atom. The molecule has 0 atom stereocenters. The SMILES string of the molecule is CCCCCCCN(C)C(=O)CCC(CCC(=O)N(C)CCCCCCC)C(=O)N(C)CCCCCCC. The number of hydrogen-bond donors (Lipinski definition) is 0.